The van der Waals surface area contributed by atoms with E-state index < -0.39 is 25.1 Å². The first-order valence-corrected chi connectivity index (χ1v) is 13.3. The Hall–Kier alpha value is -2.39. The maximum absolute atomic E-state index is 13.1. The summed E-state index contributed by atoms with van der Waals surface area (Å²) in [6.45, 7) is 0.0770. The number of hydrogen-bond donors (Lipinski definition) is 0. The van der Waals surface area contributed by atoms with E-state index in [4.69, 9.17) is 16.3 Å². The van der Waals surface area contributed by atoms with E-state index in [9.17, 15) is 16.8 Å². The van der Waals surface area contributed by atoms with Crippen molar-refractivity contribution in [3.05, 3.63) is 77.8 Å². The largest absolute Gasteiger partial charge is 0.497 e. The number of hydrogen-bond acceptors (Lipinski definition) is 5. The van der Waals surface area contributed by atoms with Crippen LogP contribution in [0.4, 0.5) is 0 Å². The first-order chi connectivity index (χ1) is 15.2. The number of sulfone groups is 1. The van der Waals surface area contributed by atoms with E-state index in [0.717, 1.165) is 16.9 Å². The third-order valence-corrected chi connectivity index (χ3v) is 9.93. The Morgan fingerprint density at radius 3 is 1.91 bits per heavy atom. The molecule has 1 fully saturated rings. The summed E-state index contributed by atoms with van der Waals surface area (Å²) in [5.74, 6) is 0.741. The molecule has 1 aliphatic heterocycles. The molecule has 4 rings (SSSR count). The molecule has 0 aromatic heterocycles. The molecule has 0 aliphatic carbocycles. The van der Waals surface area contributed by atoms with Crippen LogP contribution in [-0.2, 0) is 19.9 Å². The summed E-state index contributed by atoms with van der Waals surface area (Å²) in [5.41, 5.74) is 1.81. The van der Waals surface area contributed by atoms with Gasteiger partial charge in [-0.2, -0.15) is 4.31 Å². The van der Waals surface area contributed by atoms with Crippen molar-refractivity contribution in [2.24, 2.45) is 0 Å². The molecule has 3 aromatic carbocycles. The van der Waals surface area contributed by atoms with Crippen LogP contribution in [0.25, 0.3) is 11.1 Å². The van der Waals surface area contributed by atoms with E-state index in [1.54, 1.807) is 31.4 Å². The van der Waals surface area contributed by atoms with Gasteiger partial charge in [0.15, 0.2) is 9.84 Å². The number of benzene rings is 3. The van der Waals surface area contributed by atoms with E-state index in [-0.39, 0.29) is 29.3 Å². The highest BCUT2D eigenvalue weighted by Gasteiger charge is 2.39. The molecule has 0 spiro atoms. The minimum absolute atomic E-state index is 0.0759. The monoisotopic (exact) mass is 491 g/mol. The number of nitrogens with zero attached hydrogens (tertiary/aromatic N) is 1. The summed E-state index contributed by atoms with van der Waals surface area (Å²) >= 11 is 5.85. The lowest BCUT2D eigenvalue weighted by Gasteiger charge is -2.17. The molecule has 1 saturated heterocycles. The van der Waals surface area contributed by atoms with Gasteiger partial charge in [0.2, 0.25) is 10.0 Å². The second-order valence-corrected chi connectivity index (χ2v) is 12.1. The summed E-state index contributed by atoms with van der Waals surface area (Å²) in [4.78, 5) is 0.286. The van der Waals surface area contributed by atoms with Gasteiger partial charge in [-0.1, -0.05) is 35.9 Å². The predicted octanol–water partition coefficient (Wildman–Crippen LogP) is 4.25. The average Bonchev–Trinajstić information content (AvgIpc) is 3.32. The molecule has 1 aliphatic rings. The first kappa shape index (κ1) is 22.8. The smallest absolute Gasteiger partial charge is 0.243 e. The summed E-state index contributed by atoms with van der Waals surface area (Å²) in [5, 5.41) is -0.352. The highest BCUT2D eigenvalue weighted by Crippen LogP contribution is 2.30. The Morgan fingerprint density at radius 1 is 0.812 bits per heavy atom. The first-order valence-electron chi connectivity index (χ1n) is 9.96. The van der Waals surface area contributed by atoms with Crippen LogP contribution in [0.3, 0.4) is 0 Å². The lowest BCUT2D eigenvalue weighted by Crippen LogP contribution is -2.32. The van der Waals surface area contributed by atoms with E-state index in [1.165, 1.54) is 28.6 Å². The van der Waals surface area contributed by atoms with Gasteiger partial charge in [-0.05, 0) is 66.1 Å². The molecule has 168 valence electrons. The van der Waals surface area contributed by atoms with Gasteiger partial charge in [0, 0.05) is 18.1 Å². The molecule has 1 unspecified atom stereocenters. The van der Waals surface area contributed by atoms with Crippen molar-refractivity contribution in [1.82, 2.24) is 4.31 Å². The summed E-state index contributed by atoms with van der Waals surface area (Å²) < 4.78 is 58.5. The molecule has 0 amide bonds. The average molecular weight is 492 g/mol. The van der Waals surface area contributed by atoms with Gasteiger partial charge in [-0.25, -0.2) is 16.8 Å². The van der Waals surface area contributed by atoms with Crippen LogP contribution in [0, 0.1) is 0 Å². The minimum Gasteiger partial charge on any atom is -0.497 e. The molecule has 9 heteroatoms. The normalized spacial score (nSPS) is 17.4. The zero-order valence-corrected chi connectivity index (χ0v) is 19.7. The van der Waals surface area contributed by atoms with Crippen LogP contribution in [0.15, 0.2) is 82.6 Å². The van der Waals surface area contributed by atoms with Crippen LogP contribution < -0.4 is 4.74 Å². The van der Waals surface area contributed by atoms with Gasteiger partial charge in [0.1, 0.15) is 5.75 Å². The fourth-order valence-corrected chi connectivity index (χ4v) is 7.15. The minimum atomic E-state index is -3.80. The van der Waals surface area contributed by atoms with Gasteiger partial charge in [-0.15, -0.1) is 0 Å². The fourth-order valence-electron chi connectivity index (χ4n) is 3.74. The molecule has 0 bridgehead atoms. The van der Waals surface area contributed by atoms with Crippen molar-refractivity contribution in [3.8, 4) is 16.9 Å². The van der Waals surface area contributed by atoms with E-state index in [1.807, 2.05) is 24.3 Å². The maximum atomic E-state index is 13.1. The molecule has 6 nitrogen and oxygen atoms in total. The van der Waals surface area contributed by atoms with Gasteiger partial charge < -0.3 is 4.74 Å². The number of ether oxygens (including phenoxy) is 1. The zero-order chi connectivity index (χ0) is 22.9. The van der Waals surface area contributed by atoms with Crippen molar-refractivity contribution < 1.29 is 21.6 Å². The molecule has 0 radical (unpaired) electrons. The lowest BCUT2D eigenvalue weighted by atomic mass is 10.1. The maximum Gasteiger partial charge on any atom is 0.243 e. The predicted molar refractivity (Wildman–Crippen MR) is 124 cm³/mol. The highest BCUT2D eigenvalue weighted by molar-refractivity contribution is 7.92. The third-order valence-electron chi connectivity index (χ3n) is 5.60. The molecular formula is C23H22ClNO5S2. The van der Waals surface area contributed by atoms with Gasteiger partial charge in [0.05, 0.1) is 22.2 Å². The summed E-state index contributed by atoms with van der Waals surface area (Å²) in [6.07, 6.45) is 0.244. The molecule has 32 heavy (non-hydrogen) atoms. The molecule has 3 aromatic rings. The number of methoxy groups -OCH3 is 1. The van der Waals surface area contributed by atoms with Crippen LogP contribution in [-0.4, -0.2) is 46.6 Å². The number of sulfonamides is 1. The van der Waals surface area contributed by atoms with Crippen LogP contribution in [0.1, 0.15) is 6.42 Å². The summed E-state index contributed by atoms with van der Waals surface area (Å²) in [7, 11) is -5.86. The Labute approximate surface area is 193 Å². The Kier molecular flexibility index (Phi) is 6.31. The number of halogens is 1. The summed E-state index contributed by atoms with van der Waals surface area (Å²) in [6, 6.07) is 20.0. The van der Waals surface area contributed by atoms with Crippen molar-refractivity contribution in [2.45, 2.75) is 21.5 Å². The van der Waals surface area contributed by atoms with E-state index in [2.05, 4.69) is 0 Å². The fraction of sp³-hybridized carbons (Fsp3) is 0.217. The zero-order valence-electron chi connectivity index (χ0n) is 17.3. The van der Waals surface area contributed by atoms with E-state index in [0.29, 0.717) is 5.02 Å². The van der Waals surface area contributed by atoms with Gasteiger partial charge in [0.25, 0.3) is 0 Å². The van der Waals surface area contributed by atoms with Crippen molar-refractivity contribution in [3.63, 3.8) is 0 Å². The van der Waals surface area contributed by atoms with Crippen molar-refractivity contribution in [1.29, 1.82) is 0 Å². The molecule has 0 saturated carbocycles. The van der Waals surface area contributed by atoms with Crippen LogP contribution in [0.2, 0.25) is 5.02 Å². The van der Waals surface area contributed by atoms with Crippen LogP contribution in [0.5, 0.6) is 5.75 Å². The second-order valence-electron chi connectivity index (χ2n) is 7.53. The topological polar surface area (TPSA) is 80.8 Å². The van der Waals surface area contributed by atoms with Crippen molar-refractivity contribution >= 4 is 31.5 Å². The standard InChI is InChI=1S/C23H22ClNO5S2/c1-30-20-8-2-17(3-9-20)18-4-10-22(11-5-18)32(28,29)25-15-14-23(16-25)31(26,27)21-12-6-19(24)7-13-21/h2-13,23H,14-16H2,1H3. The Balaban J connectivity index is 1.52. The third kappa shape index (κ3) is 4.41. The molecule has 0 N–H and O–H groups in total. The van der Waals surface area contributed by atoms with Gasteiger partial charge in [-0.3, -0.25) is 0 Å². The molecule has 1 heterocycles. The Bertz CT molecular complexity index is 1300. The van der Waals surface area contributed by atoms with Crippen molar-refractivity contribution in [2.75, 3.05) is 20.2 Å². The molecule has 1 atom stereocenters. The highest BCUT2D eigenvalue weighted by atomic mass is 35.5. The molecular weight excluding hydrogens is 470 g/mol. The SMILES string of the molecule is COc1ccc(-c2ccc(S(=O)(=O)N3CCC(S(=O)(=O)c4ccc(Cl)cc4)C3)cc2)cc1. The van der Waals surface area contributed by atoms with Crippen LogP contribution >= 0.6 is 11.6 Å². The number of rotatable bonds is 6. The Morgan fingerprint density at radius 2 is 1.34 bits per heavy atom. The van der Waals surface area contributed by atoms with E-state index >= 15 is 0 Å². The quantitative estimate of drug-likeness (QED) is 0.515. The van der Waals surface area contributed by atoms with Gasteiger partial charge >= 0.3 is 0 Å². The lowest BCUT2D eigenvalue weighted by molar-refractivity contribution is 0.415. The second kappa shape index (κ2) is 8.86.